The average molecular weight is 353 g/mol. The van der Waals surface area contributed by atoms with Crippen molar-refractivity contribution in [1.82, 2.24) is 4.90 Å². The zero-order valence-electron chi connectivity index (χ0n) is 15.5. The number of nitrogens with two attached hydrogens (primary N) is 1. The van der Waals surface area contributed by atoms with Gasteiger partial charge in [-0.1, -0.05) is 58.0 Å². The molecule has 2 N–H and O–H groups in total. The topological polar surface area (TPSA) is 46.3 Å². The van der Waals surface area contributed by atoms with E-state index in [2.05, 4.69) is 52.0 Å². The van der Waals surface area contributed by atoms with E-state index < -0.39 is 0 Å². The fraction of sp³-hybridized carbons (Fsp3) is 0.650. The third-order valence-corrected chi connectivity index (χ3v) is 5.29. The summed E-state index contributed by atoms with van der Waals surface area (Å²) in [6.45, 7) is 10.1. The fourth-order valence-corrected chi connectivity index (χ4v) is 3.46. The summed E-state index contributed by atoms with van der Waals surface area (Å²) in [5, 5.41) is 0. The van der Waals surface area contributed by atoms with Gasteiger partial charge >= 0.3 is 0 Å². The number of aryl methyl sites for hydroxylation is 1. The molecule has 0 aromatic heterocycles. The molecule has 24 heavy (non-hydrogen) atoms. The van der Waals surface area contributed by atoms with Gasteiger partial charge in [0.05, 0.1) is 0 Å². The number of amides is 1. The highest BCUT2D eigenvalue weighted by atomic mass is 35.5. The SMILES string of the molecule is CC(C)(CCCc1ccccc1)C(=O)N1CCC(N)C(C)(C)C1.Cl. The van der Waals surface area contributed by atoms with Crippen LogP contribution in [-0.2, 0) is 11.2 Å². The molecule has 1 aliphatic rings. The smallest absolute Gasteiger partial charge is 0.228 e. The van der Waals surface area contributed by atoms with Gasteiger partial charge in [0.25, 0.3) is 0 Å². The molecule has 1 amide bonds. The Balaban J connectivity index is 0.00000288. The van der Waals surface area contributed by atoms with E-state index in [1.165, 1.54) is 5.56 Å². The molecule has 1 heterocycles. The lowest BCUT2D eigenvalue weighted by Crippen LogP contribution is -2.56. The molecule has 3 nitrogen and oxygen atoms in total. The molecule has 0 radical (unpaired) electrons. The van der Waals surface area contributed by atoms with E-state index in [1.807, 2.05) is 11.0 Å². The van der Waals surface area contributed by atoms with E-state index in [4.69, 9.17) is 5.73 Å². The fourth-order valence-electron chi connectivity index (χ4n) is 3.46. The van der Waals surface area contributed by atoms with Gasteiger partial charge in [-0.3, -0.25) is 4.79 Å². The molecular weight excluding hydrogens is 320 g/mol. The standard InChI is InChI=1S/C20H32N2O.ClH/c1-19(2,13-8-11-16-9-6-5-7-10-16)18(23)22-14-12-17(21)20(3,4)15-22;/h5-7,9-10,17H,8,11-15,21H2,1-4H3;1H. The molecule has 0 bridgehead atoms. The van der Waals surface area contributed by atoms with Crippen LogP contribution < -0.4 is 5.73 Å². The van der Waals surface area contributed by atoms with Crippen molar-refractivity contribution >= 4 is 18.3 Å². The highest BCUT2D eigenvalue weighted by Gasteiger charge is 2.39. The first-order valence-electron chi connectivity index (χ1n) is 8.81. The summed E-state index contributed by atoms with van der Waals surface area (Å²) in [7, 11) is 0. The second kappa shape index (κ2) is 8.35. The van der Waals surface area contributed by atoms with Gasteiger partial charge in [0.1, 0.15) is 0 Å². The Hall–Kier alpha value is -1.06. The first kappa shape index (κ1) is 21.0. The lowest BCUT2D eigenvalue weighted by Gasteiger charge is -2.45. The number of nitrogens with zero attached hydrogens (tertiary/aromatic N) is 1. The molecule has 1 aliphatic heterocycles. The van der Waals surface area contributed by atoms with Crippen LogP contribution in [0.3, 0.4) is 0 Å². The van der Waals surface area contributed by atoms with Crippen LogP contribution in [-0.4, -0.2) is 29.9 Å². The second-order valence-corrected chi connectivity index (χ2v) is 8.33. The van der Waals surface area contributed by atoms with Crippen LogP contribution in [0.25, 0.3) is 0 Å². The van der Waals surface area contributed by atoms with Crippen LogP contribution in [0.15, 0.2) is 30.3 Å². The number of carbonyl (C=O) groups excluding carboxylic acids is 1. The summed E-state index contributed by atoms with van der Waals surface area (Å²) in [4.78, 5) is 15.0. The molecule has 1 aromatic carbocycles. The number of rotatable bonds is 5. The molecule has 1 aromatic rings. The quantitative estimate of drug-likeness (QED) is 0.869. The zero-order chi connectivity index (χ0) is 17.1. The van der Waals surface area contributed by atoms with Crippen molar-refractivity contribution in [3.8, 4) is 0 Å². The summed E-state index contributed by atoms with van der Waals surface area (Å²) in [5.74, 6) is 0.283. The van der Waals surface area contributed by atoms with E-state index in [9.17, 15) is 4.79 Å². The third kappa shape index (κ3) is 5.22. The maximum absolute atomic E-state index is 12.9. The maximum atomic E-state index is 12.9. The van der Waals surface area contributed by atoms with Crippen LogP contribution >= 0.6 is 12.4 Å². The number of benzene rings is 1. The number of carbonyl (C=O) groups is 1. The molecule has 2 rings (SSSR count). The van der Waals surface area contributed by atoms with E-state index in [0.717, 1.165) is 38.8 Å². The molecule has 1 unspecified atom stereocenters. The van der Waals surface area contributed by atoms with Crippen LogP contribution in [0.1, 0.15) is 52.5 Å². The highest BCUT2D eigenvalue weighted by Crippen LogP contribution is 2.32. The minimum absolute atomic E-state index is 0. The lowest BCUT2D eigenvalue weighted by atomic mass is 9.78. The number of hydrogen-bond acceptors (Lipinski definition) is 2. The van der Waals surface area contributed by atoms with Crippen LogP contribution in [0.4, 0.5) is 0 Å². The summed E-state index contributed by atoms with van der Waals surface area (Å²) in [5.41, 5.74) is 7.25. The Bertz CT molecular complexity index is 528. The van der Waals surface area contributed by atoms with Gasteiger partial charge in [-0.2, -0.15) is 0 Å². The predicted molar refractivity (Wildman–Crippen MR) is 103 cm³/mol. The molecule has 1 atom stereocenters. The van der Waals surface area contributed by atoms with Gasteiger partial charge in [-0.05, 0) is 36.7 Å². The number of likely N-dealkylation sites (tertiary alicyclic amines) is 1. The summed E-state index contributed by atoms with van der Waals surface area (Å²) in [6.07, 6.45) is 3.90. The molecule has 1 saturated heterocycles. The van der Waals surface area contributed by atoms with Crippen molar-refractivity contribution in [2.24, 2.45) is 16.6 Å². The van der Waals surface area contributed by atoms with Gasteiger partial charge in [-0.15, -0.1) is 12.4 Å². The van der Waals surface area contributed by atoms with Crippen molar-refractivity contribution in [1.29, 1.82) is 0 Å². The first-order valence-corrected chi connectivity index (χ1v) is 8.81. The van der Waals surface area contributed by atoms with Crippen LogP contribution in [0.2, 0.25) is 0 Å². The number of piperidine rings is 1. The largest absolute Gasteiger partial charge is 0.342 e. The van der Waals surface area contributed by atoms with Crippen molar-refractivity contribution in [3.05, 3.63) is 35.9 Å². The summed E-state index contributed by atoms with van der Waals surface area (Å²) < 4.78 is 0. The van der Waals surface area contributed by atoms with E-state index >= 15 is 0 Å². The first-order chi connectivity index (χ1) is 10.7. The Kier molecular flexibility index (Phi) is 7.30. The van der Waals surface area contributed by atoms with Crippen molar-refractivity contribution < 1.29 is 4.79 Å². The van der Waals surface area contributed by atoms with Crippen molar-refractivity contribution in [3.63, 3.8) is 0 Å². The highest BCUT2D eigenvalue weighted by molar-refractivity contribution is 5.85. The van der Waals surface area contributed by atoms with Gasteiger partial charge in [-0.25, -0.2) is 0 Å². The molecule has 1 fully saturated rings. The molecule has 0 saturated carbocycles. The van der Waals surface area contributed by atoms with Gasteiger partial charge < -0.3 is 10.6 Å². The Morgan fingerprint density at radius 3 is 2.50 bits per heavy atom. The molecule has 0 aliphatic carbocycles. The third-order valence-electron chi connectivity index (χ3n) is 5.29. The molecule has 0 spiro atoms. The second-order valence-electron chi connectivity index (χ2n) is 8.33. The van der Waals surface area contributed by atoms with Gasteiger partial charge in [0, 0.05) is 24.5 Å². The maximum Gasteiger partial charge on any atom is 0.228 e. The van der Waals surface area contributed by atoms with E-state index in [-0.39, 0.29) is 35.2 Å². The summed E-state index contributed by atoms with van der Waals surface area (Å²) in [6, 6.07) is 10.7. The Labute approximate surface area is 153 Å². The molecule has 136 valence electrons. The van der Waals surface area contributed by atoms with Crippen LogP contribution in [0.5, 0.6) is 0 Å². The van der Waals surface area contributed by atoms with E-state index in [1.54, 1.807) is 0 Å². The van der Waals surface area contributed by atoms with Crippen molar-refractivity contribution in [2.45, 2.75) is 59.4 Å². The summed E-state index contributed by atoms with van der Waals surface area (Å²) >= 11 is 0. The van der Waals surface area contributed by atoms with Gasteiger partial charge in [0.2, 0.25) is 5.91 Å². The molecular formula is C20H33ClN2O. The minimum atomic E-state index is -0.299. The minimum Gasteiger partial charge on any atom is -0.342 e. The van der Waals surface area contributed by atoms with Gasteiger partial charge in [0.15, 0.2) is 0 Å². The zero-order valence-corrected chi connectivity index (χ0v) is 16.4. The number of halogens is 1. The molecule has 4 heteroatoms. The Morgan fingerprint density at radius 1 is 1.29 bits per heavy atom. The lowest BCUT2D eigenvalue weighted by molar-refractivity contribution is -0.144. The monoisotopic (exact) mass is 352 g/mol. The van der Waals surface area contributed by atoms with Crippen molar-refractivity contribution in [2.75, 3.05) is 13.1 Å². The predicted octanol–water partition coefficient (Wildman–Crippen LogP) is 4.04. The van der Waals surface area contributed by atoms with E-state index in [0.29, 0.717) is 0 Å². The van der Waals surface area contributed by atoms with Crippen LogP contribution in [0, 0.1) is 10.8 Å². The normalized spacial score (nSPS) is 20.4. The Morgan fingerprint density at radius 2 is 1.92 bits per heavy atom. The average Bonchev–Trinajstić information content (AvgIpc) is 2.50. The number of hydrogen-bond donors (Lipinski definition) is 1.